The van der Waals surface area contributed by atoms with Crippen molar-refractivity contribution in [1.29, 1.82) is 0 Å². The monoisotopic (exact) mass is 410 g/mol. The van der Waals surface area contributed by atoms with Gasteiger partial charge in [-0.25, -0.2) is 0 Å². The van der Waals surface area contributed by atoms with Crippen molar-refractivity contribution in [2.24, 2.45) is 5.92 Å². The van der Waals surface area contributed by atoms with Crippen LogP contribution < -0.4 is 5.32 Å². The summed E-state index contributed by atoms with van der Waals surface area (Å²) >= 11 is 6.48. The number of amides is 1. The van der Waals surface area contributed by atoms with Crippen molar-refractivity contribution < 1.29 is 4.79 Å². The summed E-state index contributed by atoms with van der Waals surface area (Å²) in [6.45, 7) is 2.77. The summed E-state index contributed by atoms with van der Waals surface area (Å²) in [4.78, 5) is 15.0. The molecule has 3 atom stereocenters. The van der Waals surface area contributed by atoms with Crippen LogP contribution in [0, 0.1) is 5.92 Å². The first kappa shape index (κ1) is 19.9. The Labute approximate surface area is 176 Å². The van der Waals surface area contributed by atoms with Crippen LogP contribution in [-0.2, 0) is 16.6 Å². The predicted octanol–water partition coefficient (Wildman–Crippen LogP) is 3.78. The van der Waals surface area contributed by atoms with Crippen LogP contribution in [-0.4, -0.2) is 47.7 Å². The zero-order valence-electron chi connectivity index (χ0n) is 17.1. The summed E-state index contributed by atoms with van der Waals surface area (Å²) in [7, 11) is 4.07. The first-order valence-corrected chi connectivity index (χ1v) is 10.4. The topological polar surface area (TPSA) is 61.0 Å². The van der Waals surface area contributed by atoms with Gasteiger partial charge in [-0.2, -0.15) is 5.10 Å². The van der Waals surface area contributed by atoms with Gasteiger partial charge in [0, 0.05) is 40.5 Å². The van der Waals surface area contributed by atoms with Gasteiger partial charge in [-0.15, -0.1) is 0 Å². The average Bonchev–Trinajstić information content (AvgIpc) is 3.21. The van der Waals surface area contributed by atoms with Crippen LogP contribution >= 0.6 is 11.6 Å². The Bertz CT molecular complexity index is 1020. The molecule has 1 unspecified atom stereocenters. The number of aromatic nitrogens is 2. The number of H-pyrrole nitrogens is 1. The van der Waals surface area contributed by atoms with Gasteiger partial charge in [0.2, 0.25) is 5.91 Å². The van der Waals surface area contributed by atoms with Crippen molar-refractivity contribution in [3.8, 4) is 0 Å². The number of aromatic amines is 1. The van der Waals surface area contributed by atoms with Gasteiger partial charge in [0.05, 0.1) is 5.52 Å². The summed E-state index contributed by atoms with van der Waals surface area (Å²) in [5, 5.41) is 12.0. The number of nitrogens with one attached hydrogen (secondary N) is 2. The SMILES string of the molecule is CN(C)C(CNC(=O)[C@@H]1C[C@]1(C)c1ccccc1)Cc1cc2c[nH]nc2cc1Cl. The van der Waals surface area contributed by atoms with Crippen LogP contribution in [0.2, 0.25) is 5.02 Å². The Morgan fingerprint density at radius 3 is 2.83 bits per heavy atom. The van der Waals surface area contributed by atoms with Crippen LogP contribution in [0.1, 0.15) is 24.5 Å². The van der Waals surface area contributed by atoms with Crippen molar-refractivity contribution in [3.63, 3.8) is 0 Å². The van der Waals surface area contributed by atoms with Crippen molar-refractivity contribution >= 4 is 28.4 Å². The lowest BCUT2D eigenvalue weighted by Crippen LogP contribution is -2.42. The van der Waals surface area contributed by atoms with Gasteiger partial charge in [0.1, 0.15) is 0 Å². The van der Waals surface area contributed by atoms with Gasteiger partial charge in [0.15, 0.2) is 0 Å². The molecule has 0 radical (unpaired) electrons. The quantitative estimate of drug-likeness (QED) is 0.623. The second-order valence-corrected chi connectivity index (χ2v) is 8.90. The molecule has 0 bridgehead atoms. The van der Waals surface area contributed by atoms with E-state index in [1.54, 1.807) is 0 Å². The van der Waals surface area contributed by atoms with E-state index in [9.17, 15) is 4.79 Å². The maximum Gasteiger partial charge on any atom is 0.224 e. The Morgan fingerprint density at radius 2 is 2.10 bits per heavy atom. The number of rotatable bonds is 7. The highest BCUT2D eigenvalue weighted by Crippen LogP contribution is 2.53. The zero-order valence-corrected chi connectivity index (χ0v) is 17.8. The van der Waals surface area contributed by atoms with Gasteiger partial charge in [-0.05, 0) is 50.2 Å². The van der Waals surface area contributed by atoms with E-state index < -0.39 is 0 Å². The van der Waals surface area contributed by atoms with Gasteiger partial charge >= 0.3 is 0 Å². The fourth-order valence-electron chi connectivity index (χ4n) is 4.08. The highest BCUT2D eigenvalue weighted by molar-refractivity contribution is 6.32. The van der Waals surface area contributed by atoms with Crippen LogP contribution in [0.5, 0.6) is 0 Å². The average molecular weight is 411 g/mol. The summed E-state index contributed by atoms with van der Waals surface area (Å²) in [6.07, 6.45) is 3.53. The molecule has 1 aliphatic carbocycles. The van der Waals surface area contributed by atoms with E-state index in [2.05, 4.69) is 45.5 Å². The van der Waals surface area contributed by atoms with Crippen LogP contribution in [0.25, 0.3) is 10.9 Å². The third kappa shape index (κ3) is 4.02. The first-order valence-electron chi connectivity index (χ1n) is 10.00. The molecular formula is C23H27ClN4O. The predicted molar refractivity (Wildman–Crippen MR) is 117 cm³/mol. The third-order valence-corrected chi connectivity index (χ3v) is 6.64. The highest BCUT2D eigenvalue weighted by atomic mass is 35.5. The Hall–Kier alpha value is -2.37. The molecule has 0 aliphatic heterocycles. The maximum absolute atomic E-state index is 12.8. The molecule has 29 heavy (non-hydrogen) atoms. The number of carbonyl (C=O) groups excluding carboxylic acids is 1. The van der Waals surface area contributed by atoms with Crippen molar-refractivity contribution in [3.05, 3.63) is 64.8 Å². The number of fused-ring (bicyclic) bond motifs is 1. The minimum atomic E-state index is -0.0470. The van der Waals surface area contributed by atoms with Crippen molar-refractivity contribution in [1.82, 2.24) is 20.4 Å². The Morgan fingerprint density at radius 1 is 1.34 bits per heavy atom. The maximum atomic E-state index is 12.8. The molecule has 0 saturated heterocycles. The Balaban J connectivity index is 1.40. The molecule has 0 spiro atoms. The summed E-state index contributed by atoms with van der Waals surface area (Å²) in [5.74, 6) is 0.179. The molecule has 1 saturated carbocycles. The van der Waals surface area contributed by atoms with E-state index >= 15 is 0 Å². The molecule has 2 aromatic carbocycles. The summed E-state index contributed by atoms with van der Waals surface area (Å²) in [6, 6.07) is 14.4. The molecular weight excluding hydrogens is 384 g/mol. The molecule has 152 valence electrons. The molecule has 6 heteroatoms. The summed E-state index contributed by atoms with van der Waals surface area (Å²) < 4.78 is 0. The zero-order chi connectivity index (χ0) is 20.6. The van der Waals surface area contributed by atoms with Crippen LogP contribution in [0.15, 0.2) is 48.7 Å². The minimum Gasteiger partial charge on any atom is -0.354 e. The number of hydrogen-bond donors (Lipinski definition) is 2. The third-order valence-electron chi connectivity index (χ3n) is 6.29. The van der Waals surface area contributed by atoms with Gasteiger partial charge in [-0.1, -0.05) is 48.9 Å². The van der Waals surface area contributed by atoms with E-state index in [0.29, 0.717) is 11.6 Å². The number of nitrogens with zero attached hydrogens (tertiary/aromatic N) is 2. The molecule has 3 aromatic rings. The van der Waals surface area contributed by atoms with Crippen LogP contribution in [0.3, 0.4) is 0 Å². The smallest absolute Gasteiger partial charge is 0.224 e. The lowest BCUT2D eigenvalue weighted by molar-refractivity contribution is -0.122. The number of likely N-dealkylation sites (N-methyl/N-ethyl adjacent to an activating group) is 1. The second kappa shape index (κ2) is 7.81. The molecule has 1 aromatic heterocycles. The fraction of sp³-hybridized carbons (Fsp3) is 0.391. The molecule has 1 heterocycles. The Kier molecular flexibility index (Phi) is 5.36. The highest BCUT2D eigenvalue weighted by Gasteiger charge is 2.55. The number of benzene rings is 2. The minimum absolute atomic E-state index is 0.0404. The van der Waals surface area contributed by atoms with Gasteiger partial charge in [0.25, 0.3) is 0 Å². The molecule has 4 rings (SSSR count). The lowest BCUT2D eigenvalue weighted by Gasteiger charge is -2.25. The normalized spacial score (nSPS) is 22.0. The van der Waals surface area contributed by atoms with Crippen molar-refractivity contribution in [2.45, 2.75) is 31.2 Å². The van der Waals surface area contributed by atoms with Crippen LogP contribution in [0.4, 0.5) is 0 Å². The van der Waals surface area contributed by atoms with E-state index in [1.807, 2.05) is 44.6 Å². The van der Waals surface area contributed by atoms with Gasteiger partial charge in [-0.3, -0.25) is 9.89 Å². The number of hydrogen-bond acceptors (Lipinski definition) is 3. The van der Waals surface area contributed by atoms with E-state index in [1.165, 1.54) is 5.56 Å². The molecule has 5 nitrogen and oxygen atoms in total. The lowest BCUT2D eigenvalue weighted by atomic mass is 9.95. The first-order chi connectivity index (χ1) is 13.9. The molecule has 1 fully saturated rings. The van der Waals surface area contributed by atoms with E-state index in [0.717, 1.165) is 29.3 Å². The standard InChI is InChI=1S/C23H27ClN4O/c1-23(17-7-5-4-6-8-17)12-19(23)22(29)25-14-18(28(2)3)10-15-9-16-13-26-27-21(16)11-20(15)24/h4-9,11,13,18-19H,10,12,14H2,1-3H3,(H,25,29)(H,26,27)/t18?,19-,23+/m0/s1. The molecule has 1 amide bonds. The fourth-order valence-corrected chi connectivity index (χ4v) is 4.32. The number of halogens is 1. The molecule has 1 aliphatic rings. The molecule has 2 N–H and O–H groups in total. The van der Waals surface area contributed by atoms with E-state index in [-0.39, 0.29) is 23.3 Å². The second-order valence-electron chi connectivity index (χ2n) is 8.49. The van der Waals surface area contributed by atoms with E-state index in [4.69, 9.17) is 11.6 Å². The number of carbonyl (C=O) groups is 1. The summed E-state index contributed by atoms with van der Waals surface area (Å²) in [5.41, 5.74) is 3.12. The van der Waals surface area contributed by atoms with Crippen molar-refractivity contribution in [2.75, 3.05) is 20.6 Å². The largest absolute Gasteiger partial charge is 0.354 e. The van der Waals surface area contributed by atoms with Gasteiger partial charge < -0.3 is 10.2 Å².